The molecule has 2 aromatic carbocycles. The molecule has 29 heavy (non-hydrogen) atoms. The number of benzene rings is 2. The van der Waals surface area contributed by atoms with E-state index in [4.69, 9.17) is 4.74 Å². The molecule has 0 spiro atoms. The largest absolute Gasteiger partial charge is 0.489 e. The molecule has 1 aliphatic heterocycles. The summed E-state index contributed by atoms with van der Waals surface area (Å²) in [5, 5.41) is 5.20. The molecule has 2 fully saturated rings. The van der Waals surface area contributed by atoms with Gasteiger partial charge in [-0.3, -0.25) is 9.59 Å². The quantitative estimate of drug-likeness (QED) is 0.446. The molecule has 2 aliphatic carbocycles. The first-order valence-electron chi connectivity index (χ1n) is 9.67. The van der Waals surface area contributed by atoms with Crippen LogP contribution >= 0.6 is 0 Å². The van der Waals surface area contributed by atoms with Gasteiger partial charge in [-0.15, -0.1) is 0 Å². The second-order valence-corrected chi connectivity index (χ2v) is 7.72. The molecule has 3 aliphatic rings. The van der Waals surface area contributed by atoms with E-state index < -0.39 is 0 Å². The third-order valence-electron chi connectivity index (χ3n) is 5.94. The zero-order valence-corrected chi connectivity index (χ0v) is 15.6. The number of imide groups is 1. The first kappa shape index (κ1) is 17.8. The van der Waals surface area contributed by atoms with Crippen LogP contribution in [0.25, 0.3) is 0 Å². The topological polar surface area (TPSA) is 59.0 Å². The monoisotopic (exact) mass is 390 g/mol. The van der Waals surface area contributed by atoms with E-state index in [9.17, 15) is 14.0 Å². The van der Waals surface area contributed by atoms with Crippen LogP contribution in [0.3, 0.4) is 0 Å². The Kier molecular flexibility index (Phi) is 4.27. The smallest absolute Gasteiger partial charge is 0.254 e. The van der Waals surface area contributed by atoms with E-state index in [-0.39, 0.29) is 47.9 Å². The van der Waals surface area contributed by atoms with E-state index in [0.29, 0.717) is 5.75 Å². The predicted octanol–water partition coefficient (Wildman–Crippen LogP) is 3.55. The molecule has 1 saturated heterocycles. The molecule has 0 N–H and O–H groups in total. The number of carbonyl (C=O) groups excluding carboxylic acids is 2. The Labute approximate surface area is 167 Å². The van der Waals surface area contributed by atoms with Crippen molar-refractivity contribution in [3.8, 4) is 5.75 Å². The second kappa shape index (κ2) is 6.95. The average Bonchev–Trinajstić information content (AvgIpc) is 3.40. The highest BCUT2D eigenvalue weighted by Gasteiger charge is 2.59. The van der Waals surface area contributed by atoms with Crippen molar-refractivity contribution < 1.29 is 18.7 Å². The fourth-order valence-electron chi connectivity index (χ4n) is 4.57. The predicted molar refractivity (Wildman–Crippen MR) is 104 cm³/mol. The zero-order valence-electron chi connectivity index (χ0n) is 15.6. The highest BCUT2D eigenvalue weighted by Crippen LogP contribution is 2.52. The summed E-state index contributed by atoms with van der Waals surface area (Å²) < 4.78 is 18.9. The van der Waals surface area contributed by atoms with Crippen molar-refractivity contribution in [2.45, 2.75) is 13.0 Å². The number of carbonyl (C=O) groups is 2. The number of allylic oxidation sites excluding steroid dienone is 2. The van der Waals surface area contributed by atoms with E-state index in [2.05, 4.69) is 17.3 Å². The van der Waals surface area contributed by atoms with Crippen molar-refractivity contribution >= 4 is 18.0 Å². The number of rotatable bonds is 5. The van der Waals surface area contributed by atoms with Gasteiger partial charge in [0.25, 0.3) is 11.8 Å². The van der Waals surface area contributed by atoms with Gasteiger partial charge >= 0.3 is 0 Å². The van der Waals surface area contributed by atoms with E-state index in [1.165, 1.54) is 18.3 Å². The van der Waals surface area contributed by atoms with Crippen LogP contribution in [0, 0.1) is 29.5 Å². The van der Waals surface area contributed by atoms with E-state index in [1.807, 2.05) is 0 Å². The van der Waals surface area contributed by atoms with Gasteiger partial charge in [0.2, 0.25) is 0 Å². The molecule has 0 radical (unpaired) electrons. The Morgan fingerprint density at radius 3 is 2.38 bits per heavy atom. The van der Waals surface area contributed by atoms with Gasteiger partial charge < -0.3 is 4.74 Å². The van der Waals surface area contributed by atoms with Gasteiger partial charge in [-0.05, 0) is 65.8 Å². The Balaban J connectivity index is 1.23. The van der Waals surface area contributed by atoms with Crippen molar-refractivity contribution in [2.24, 2.45) is 28.8 Å². The fraction of sp³-hybridized carbons (Fsp3) is 0.261. The number of hydrogen-bond donors (Lipinski definition) is 0. The molecule has 2 aromatic rings. The number of ether oxygens (including phenoxy) is 1. The van der Waals surface area contributed by atoms with Gasteiger partial charge in [0.15, 0.2) is 0 Å². The maximum atomic E-state index is 13.2. The Morgan fingerprint density at radius 2 is 1.72 bits per heavy atom. The summed E-state index contributed by atoms with van der Waals surface area (Å²) in [7, 11) is 0. The minimum Gasteiger partial charge on any atom is -0.489 e. The van der Waals surface area contributed by atoms with Gasteiger partial charge in [-0.2, -0.15) is 10.1 Å². The van der Waals surface area contributed by atoms with Crippen LogP contribution in [0.1, 0.15) is 17.5 Å². The highest BCUT2D eigenvalue weighted by molar-refractivity contribution is 6.06. The Bertz CT molecular complexity index is 1000. The van der Waals surface area contributed by atoms with E-state index >= 15 is 0 Å². The molecule has 1 heterocycles. The zero-order chi connectivity index (χ0) is 20.0. The summed E-state index contributed by atoms with van der Waals surface area (Å²) in [4.78, 5) is 25.2. The van der Waals surface area contributed by atoms with Crippen molar-refractivity contribution in [1.82, 2.24) is 5.01 Å². The third-order valence-corrected chi connectivity index (χ3v) is 5.94. The van der Waals surface area contributed by atoms with Gasteiger partial charge in [0.1, 0.15) is 18.2 Å². The van der Waals surface area contributed by atoms with Crippen LogP contribution < -0.4 is 4.74 Å². The molecule has 2 bridgehead atoms. The molecule has 2 amide bonds. The third kappa shape index (κ3) is 3.14. The molecule has 0 aromatic heterocycles. The lowest BCUT2D eigenvalue weighted by Gasteiger charge is -2.13. The van der Waals surface area contributed by atoms with Crippen molar-refractivity contribution in [1.29, 1.82) is 0 Å². The van der Waals surface area contributed by atoms with E-state index in [1.54, 1.807) is 36.4 Å². The van der Waals surface area contributed by atoms with Crippen LogP contribution in [0.4, 0.5) is 4.39 Å². The number of nitrogens with zero attached hydrogens (tertiary/aromatic N) is 2. The normalized spacial score (nSPS) is 27.3. The number of fused-ring (bicyclic) bond motifs is 5. The van der Waals surface area contributed by atoms with Gasteiger partial charge in [0, 0.05) is 0 Å². The lowest BCUT2D eigenvalue weighted by Crippen LogP contribution is -2.28. The highest BCUT2D eigenvalue weighted by atomic mass is 19.1. The molecule has 4 atom stereocenters. The van der Waals surface area contributed by atoms with Crippen LogP contribution in [-0.2, 0) is 16.2 Å². The van der Waals surface area contributed by atoms with Crippen LogP contribution in [0.15, 0.2) is 65.8 Å². The standard InChI is InChI=1S/C23H19FN2O3/c24-18-3-1-2-15(10-18)13-29-19-8-4-14(5-9-19)12-25-26-22(27)20-16-6-7-17(11-16)21(20)23(26)28/h1-10,12,16-17,20-21H,11,13H2/t16-,17-,20-,21+/m0/s1. The van der Waals surface area contributed by atoms with Crippen LogP contribution in [0.2, 0.25) is 0 Å². The number of hydrogen-bond acceptors (Lipinski definition) is 4. The molecular weight excluding hydrogens is 371 g/mol. The van der Waals surface area contributed by atoms with E-state index in [0.717, 1.165) is 22.6 Å². The first-order chi connectivity index (χ1) is 14.1. The summed E-state index contributed by atoms with van der Waals surface area (Å²) >= 11 is 0. The Morgan fingerprint density at radius 1 is 1.03 bits per heavy atom. The van der Waals surface area contributed by atoms with Crippen molar-refractivity contribution in [3.05, 3.63) is 77.6 Å². The molecule has 5 rings (SSSR count). The fourth-order valence-corrected chi connectivity index (χ4v) is 4.57. The van der Waals surface area contributed by atoms with Gasteiger partial charge in [-0.25, -0.2) is 4.39 Å². The lowest BCUT2D eigenvalue weighted by molar-refractivity contribution is -0.140. The van der Waals surface area contributed by atoms with Crippen LogP contribution in [0.5, 0.6) is 5.75 Å². The maximum absolute atomic E-state index is 13.2. The SMILES string of the molecule is O=C1[C@@H]2[C@H](C(=O)N1N=Cc1ccc(OCc3cccc(F)c3)cc1)[C@H]1C=C[C@H]2C1. The van der Waals surface area contributed by atoms with Crippen molar-refractivity contribution in [2.75, 3.05) is 0 Å². The van der Waals surface area contributed by atoms with Gasteiger partial charge in [-0.1, -0.05) is 24.3 Å². The minimum atomic E-state index is -0.295. The molecule has 6 heteroatoms. The summed E-state index contributed by atoms with van der Waals surface area (Å²) in [6.07, 6.45) is 6.55. The van der Waals surface area contributed by atoms with Gasteiger partial charge in [0.05, 0.1) is 18.1 Å². The number of hydrazone groups is 1. The summed E-state index contributed by atoms with van der Waals surface area (Å²) in [6, 6.07) is 13.4. The molecular formula is C23H19FN2O3. The maximum Gasteiger partial charge on any atom is 0.254 e. The molecule has 0 unspecified atom stereocenters. The summed E-state index contributed by atoms with van der Waals surface area (Å²) in [6.45, 7) is 0.265. The summed E-state index contributed by atoms with van der Waals surface area (Å²) in [5.74, 6) is -0.173. The van der Waals surface area contributed by atoms with Crippen molar-refractivity contribution in [3.63, 3.8) is 0 Å². The first-order valence-corrected chi connectivity index (χ1v) is 9.67. The van der Waals surface area contributed by atoms with Crippen LogP contribution in [-0.4, -0.2) is 23.0 Å². The molecule has 146 valence electrons. The molecule has 5 nitrogen and oxygen atoms in total. The average molecular weight is 390 g/mol. The molecule has 1 saturated carbocycles. The second-order valence-electron chi connectivity index (χ2n) is 7.72. The Hall–Kier alpha value is -3.28. The lowest BCUT2D eigenvalue weighted by atomic mass is 9.85. The number of amides is 2. The minimum absolute atomic E-state index is 0.177. The summed E-state index contributed by atoms with van der Waals surface area (Å²) in [5.41, 5.74) is 1.50. The number of halogens is 1.